The van der Waals surface area contributed by atoms with Crippen molar-refractivity contribution in [2.75, 3.05) is 25.6 Å². The van der Waals surface area contributed by atoms with Crippen LogP contribution in [-0.4, -0.2) is 31.5 Å². The van der Waals surface area contributed by atoms with Crippen molar-refractivity contribution in [3.8, 4) is 6.07 Å². The monoisotopic (exact) mass is 298 g/mol. The maximum atomic E-state index is 9.00. The molecule has 0 heterocycles. The molecule has 0 aliphatic rings. The molecule has 0 aliphatic carbocycles. The molecule has 2 N–H and O–H groups in total. The minimum Gasteiger partial charge on any atom is -0.396 e. The second kappa shape index (κ2) is 7.28. The van der Waals surface area contributed by atoms with Crippen LogP contribution < -0.4 is 5.32 Å². The van der Waals surface area contributed by atoms with E-state index in [4.69, 9.17) is 15.1 Å². The summed E-state index contributed by atoms with van der Waals surface area (Å²) in [5.41, 5.74) is 1.32. The number of anilines is 1. The summed E-state index contributed by atoms with van der Waals surface area (Å²) < 4.78 is 5.97. The highest BCUT2D eigenvalue weighted by Gasteiger charge is 2.10. The molecule has 0 saturated carbocycles. The molecule has 0 bridgehead atoms. The van der Waals surface area contributed by atoms with Gasteiger partial charge in [0.25, 0.3) is 0 Å². The number of aliphatic hydroxyl groups is 1. The number of nitrogens with zero attached hydrogens (tertiary/aromatic N) is 1. The third kappa shape index (κ3) is 4.35. The van der Waals surface area contributed by atoms with Gasteiger partial charge in [0.1, 0.15) is 6.07 Å². The first-order valence-electron chi connectivity index (χ1n) is 5.27. The Balaban J connectivity index is 2.84. The number of halogens is 1. The van der Waals surface area contributed by atoms with Gasteiger partial charge < -0.3 is 15.2 Å². The van der Waals surface area contributed by atoms with E-state index in [1.54, 1.807) is 13.2 Å². The van der Waals surface area contributed by atoms with Gasteiger partial charge in [0, 0.05) is 18.2 Å². The van der Waals surface area contributed by atoms with Crippen LogP contribution in [0.4, 0.5) is 5.69 Å². The number of hydrogen-bond acceptors (Lipinski definition) is 4. The van der Waals surface area contributed by atoms with Crippen LogP contribution in [0.5, 0.6) is 0 Å². The molecular weight excluding hydrogens is 284 g/mol. The molecule has 1 unspecified atom stereocenters. The van der Waals surface area contributed by atoms with E-state index in [2.05, 4.69) is 27.3 Å². The third-order valence-electron chi connectivity index (χ3n) is 2.31. The van der Waals surface area contributed by atoms with Gasteiger partial charge in [-0.1, -0.05) is 15.9 Å². The first-order valence-corrected chi connectivity index (χ1v) is 6.06. The Morgan fingerprint density at radius 1 is 1.59 bits per heavy atom. The molecular formula is C12H15BrN2O2. The Bertz CT molecular complexity index is 398. The summed E-state index contributed by atoms with van der Waals surface area (Å²) in [5.74, 6) is 0. The SMILES string of the molecule is COCC(CCO)Nc1cc(Br)ccc1C#N. The lowest BCUT2D eigenvalue weighted by atomic mass is 10.1. The van der Waals surface area contributed by atoms with Crippen LogP contribution >= 0.6 is 15.9 Å². The first kappa shape index (κ1) is 14.0. The fraction of sp³-hybridized carbons (Fsp3) is 0.417. The summed E-state index contributed by atoms with van der Waals surface area (Å²) >= 11 is 3.36. The molecule has 1 atom stereocenters. The summed E-state index contributed by atoms with van der Waals surface area (Å²) in [6, 6.07) is 7.53. The van der Waals surface area contributed by atoms with Gasteiger partial charge >= 0.3 is 0 Å². The molecule has 0 aliphatic heterocycles. The Kier molecular flexibility index (Phi) is 5.98. The van der Waals surface area contributed by atoms with Crippen molar-refractivity contribution < 1.29 is 9.84 Å². The lowest BCUT2D eigenvalue weighted by molar-refractivity contribution is 0.170. The average Bonchev–Trinajstić information content (AvgIpc) is 2.30. The van der Waals surface area contributed by atoms with E-state index < -0.39 is 0 Å². The molecule has 92 valence electrons. The lowest BCUT2D eigenvalue weighted by Gasteiger charge is -2.19. The largest absolute Gasteiger partial charge is 0.396 e. The van der Waals surface area contributed by atoms with Crippen LogP contribution in [-0.2, 0) is 4.74 Å². The molecule has 0 radical (unpaired) electrons. The molecule has 1 aromatic rings. The molecule has 1 rings (SSSR count). The zero-order valence-corrected chi connectivity index (χ0v) is 11.2. The lowest BCUT2D eigenvalue weighted by Crippen LogP contribution is -2.26. The van der Waals surface area contributed by atoms with E-state index in [9.17, 15) is 0 Å². The van der Waals surface area contributed by atoms with E-state index in [1.807, 2.05) is 12.1 Å². The van der Waals surface area contributed by atoms with Gasteiger partial charge in [-0.2, -0.15) is 5.26 Å². The van der Waals surface area contributed by atoms with Gasteiger partial charge in [0.15, 0.2) is 0 Å². The molecule has 0 saturated heterocycles. The van der Waals surface area contributed by atoms with E-state index in [-0.39, 0.29) is 12.6 Å². The molecule has 5 heteroatoms. The highest BCUT2D eigenvalue weighted by atomic mass is 79.9. The average molecular weight is 299 g/mol. The highest BCUT2D eigenvalue weighted by molar-refractivity contribution is 9.10. The predicted octanol–water partition coefficient (Wildman–Crippen LogP) is 2.13. The van der Waals surface area contributed by atoms with Crippen LogP contribution in [0.1, 0.15) is 12.0 Å². The number of rotatable bonds is 6. The van der Waals surface area contributed by atoms with Crippen molar-refractivity contribution in [3.63, 3.8) is 0 Å². The number of ether oxygens (including phenoxy) is 1. The second-order valence-corrected chi connectivity index (χ2v) is 4.53. The fourth-order valence-electron chi connectivity index (χ4n) is 1.51. The Labute approximate surface area is 109 Å². The van der Waals surface area contributed by atoms with Crippen molar-refractivity contribution >= 4 is 21.6 Å². The van der Waals surface area contributed by atoms with Crippen molar-refractivity contribution in [2.24, 2.45) is 0 Å². The standard InChI is InChI=1S/C12H15BrN2O2/c1-17-8-11(4-5-16)15-12-6-10(13)3-2-9(12)7-14/h2-3,6,11,15-16H,4-5,8H2,1H3. The first-order chi connectivity index (χ1) is 8.21. The molecule has 0 amide bonds. The fourth-order valence-corrected chi connectivity index (χ4v) is 1.87. The van der Waals surface area contributed by atoms with Crippen LogP contribution in [0.2, 0.25) is 0 Å². The quantitative estimate of drug-likeness (QED) is 0.844. The van der Waals surface area contributed by atoms with E-state index in [0.29, 0.717) is 18.6 Å². The van der Waals surface area contributed by atoms with Crippen LogP contribution in [0, 0.1) is 11.3 Å². The Hall–Kier alpha value is -1.09. The number of nitriles is 1. The predicted molar refractivity (Wildman–Crippen MR) is 69.8 cm³/mol. The molecule has 17 heavy (non-hydrogen) atoms. The summed E-state index contributed by atoms with van der Waals surface area (Å²) in [7, 11) is 1.61. The second-order valence-electron chi connectivity index (χ2n) is 3.61. The molecule has 0 spiro atoms. The van der Waals surface area contributed by atoms with Crippen molar-refractivity contribution in [1.29, 1.82) is 5.26 Å². The van der Waals surface area contributed by atoms with Crippen molar-refractivity contribution in [3.05, 3.63) is 28.2 Å². The minimum atomic E-state index is -0.00796. The van der Waals surface area contributed by atoms with Crippen molar-refractivity contribution in [1.82, 2.24) is 0 Å². The maximum absolute atomic E-state index is 9.00. The zero-order chi connectivity index (χ0) is 12.7. The smallest absolute Gasteiger partial charge is 0.101 e. The molecule has 0 fully saturated rings. The van der Waals surface area contributed by atoms with Gasteiger partial charge in [-0.15, -0.1) is 0 Å². The van der Waals surface area contributed by atoms with E-state index in [1.165, 1.54) is 0 Å². The third-order valence-corrected chi connectivity index (χ3v) is 2.80. The van der Waals surface area contributed by atoms with Gasteiger partial charge in [-0.05, 0) is 24.6 Å². The van der Waals surface area contributed by atoms with E-state index in [0.717, 1.165) is 10.2 Å². The topological polar surface area (TPSA) is 65.3 Å². The summed E-state index contributed by atoms with van der Waals surface area (Å²) in [6.45, 7) is 0.564. The maximum Gasteiger partial charge on any atom is 0.101 e. The van der Waals surface area contributed by atoms with Gasteiger partial charge in [-0.25, -0.2) is 0 Å². The normalized spacial score (nSPS) is 11.9. The molecule has 1 aromatic carbocycles. The Morgan fingerprint density at radius 2 is 2.35 bits per heavy atom. The van der Waals surface area contributed by atoms with Gasteiger partial charge in [0.2, 0.25) is 0 Å². The zero-order valence-electron chi connectivity index (χ0n) is 9.61. The highest BCUT2D eigenvalue weighted by Crippen LogP contribution is 2.22. The number of benzene rings is 1. The summed E-state index contributed by atoms with van der Waals surface area (Å²) in [6.07, 6.45) is 0.575. The number of hydrogen-bond donors (Lipinski definition) is 2. The van der Waals surface area contributed by atoms with Crippen LogP contribution in [0.25, 0.3) is 0 Å². The van der Waals surface area contributed by atoms with Crippen molar-refractivity contribution in [2.45, 2.75) is 12.5 Å². The number of nitrogens with one attached hydrogen (secondary N) is 1. The number of methoxy groups -OCH3 is 1. The minimum absolute atomic E-state index is 0.00796. The molecule has 0 aromatic heterocycles. The van der Waals surface area contributed by atoms with Gasteiger partial charge in [0.05, 0.1) is 23.9 Å². The van der Waals surface area contributed by atoms with Crippen LogP contribution in [0.15, 0.2) is 22.7 Å². The molecule has 4 nitrogen and oxygen atoms in total. The van der Waals surface area contributed by atoms with Crippen LogP contribution in [0.3, 0.4) is 0 Å². The Morgan fingerprint density at radius 3 is 2.94 bits per heavy atom. The summed E-state index contributed by atoms with van der Waals surface area (Å²) in [4.78, 5) is 0. The van der Waals surface area contributed by atoms with Gasteiger partial charge in [-0.3, -0.25) is 0 Å². The van der Waals surface area contributed by atoms with E-state index >= 15 is 0 Å². The summed E-state index contributed by atoms with van der Waals surface area (Å²) in [5, 5.41) is 21.2. The number of aliphatic hydroxyl groups excluding tert-OH is 1.